The molecule has 1 aliphatic heterocycles. The molecule has 0 unspecified atom stereocenters. The Kier molecular flexibility index (Phi) is 6.67. The van der Waals surface area contributed by atoms with E-state index in [1.807, 2.05) is 65.6 Å². The second kappa shape index (κ2) is 9.98. The maximum absolute atomic E-state index is 13.0. The number of furan rings is 1. The lowest BCUT2D eigenvalue weighted by Crippen LogP contribution is -2.38. The normalized spacial score (nSPS) is 13.4. The Morgan fingerprint density at radius 3 is 2.52 bits per heavy atom. The number of carbonyl (C=O) groups excluding carboxylic acids is 2. The van der Waals surface area contributed by atoms with Gasteiger partial charge in [0, 0.05) is 32.6 Å². The van der Waals surface area contributed by atoms with Crippen molar-refractivity contribution < 1.29 is 14.0 Å². The van der Waals surface area contributed by atoms with Crippen LogP contribution in [0.15, 0.2) is 77.4 Å². The number of urea groups is 1. The molecule has 1 aromatic heterocycles. The van der Waals surface area contributed by atoms with Crippen molar-refractivity contribution in [3.05, 3.63) is 95.4 Å². The van der Waals surface area contributed by atoms with Crippen molar-refractivity contribution in [3.63, 3.8) is 0 Å². The van der Waals surface area contributed by atoms with Crippen molar-refractivity contribution in [1.82, 2.24) is 15.1 Å². The summed E-state index contributed by atoms with van der Waals surface area (Å²) in [5, 5.41) is 3.03. The maximum atomic E-state index is 13.0. The average Bonchev–Trinajstić information content (AvgIpc) is 3.45. The number of hydrogen-bond donors (Lipinski definition) is 1. The van der Waals surface area contributed by atoms with Crippen molar-refractivity contribution in [1.29, 1.82) is 0 Å². The molecule has 3 amide bonds. The van der Waals surface area contributed by atoms with Gasteiger partial charge in [0.15, 0.2) is 0 Å². The van der Waals surface area contributed by atoms with Gasteiger partial charge in [-0.1, -0.05) is 54.6 Å². The standard InChI is InChI=1S/C25H27N3O3/c29-24-12-5-13-27(24)18-22-10-4-9-21(15-22)16-26-25(30)28(19-23-11-6-14-31-23)17-20-7-2-1-3-8-20/h1-4,6-11,14-15H,5,12-13,16-19H2,(H,26,30). The fourth-order valence-corrected chi connectivity index (χ4v) is 3.81. The number of benzene rings is 2. The molecule has 0 atom stereocenters. The first-order chi connectivity index (χ1) is 15.2. The zero-order chi connectivity index (χ0) is 21.5. The van der Waals surface area contributed by atoms with E-state index in [1.165, 1.54) is 0 Å². The number of hydrogen-bond acceptors (Lipinski definition) is 3. The SMILES string of the molecule is O=C1CCCN1Cc1cccc(CNC(=O)N(Cc2ccccc2)Cc2ccco2)c1. The van der Waals surface area contributed by atoms with E-state index >= 15 is 0 Å². The summed E-state index contributed by atoms with van der Waals surface area (Å²) in [6.45, 7) is 2.75. The first-order valence-corrected chi connectivity index (χ1v) is 10.6. The van der Waals surface area contributed by atoms with Crippen molar-refractivity contribution in [3.8, 4) is 0 Å². The average molecular weight is 418 g/mol. The molecule has 2 heterocycles. The molecule has 1 N–H and O–H groups in total. The predicted octanol–water partition coefficient (Wildman–Crippen LogP) is 4.31. The fraction of sp³-hybridized carbons (Fsp3) is 0.280. The number of nitrogens with zero attached hydrogens (tertiary/aromatic N) is 2. The minimum absolute atomic E-state index is 0.152. The topological polar surface area (TPSA) is 65.8 Å². The van der Waals surface area contributed by atoms with Crippen LogP contribution in [0.1, 0.15) is 35.3 Å². The number of likely N-dealkylation sites (tertiary alicyclic amines) is 1. The summed E-state index contributed by atoms with van der Waals surface area (Å²) >= 11 is 0. The molecule has 4 rings (SSSR count). The van der Waals surface area contributed by atoms with Gasteiger partial charge in [-0.3, -0.25) is 4.79 Å². The van der Waals surface area contributed by atoms with Crippen LogP contribution in [-0.2, 0) is 31.0 Å². The van der Waals surface area contributed by atoms with Crippen LogP contribution in [-0.4, -0.2) is 28.3 Å². The molecule has 1 fully saturated rings. The molecule has 0 radical (unpaired) electrons. The van der Waals surface area contributed by atoms with E-state index in [1.54, 1.807) is 11.2 Å². The minimum atomic E-state index is -0.152. The third-order valence-corrected chi connectivity index (χ3v) is 5.41. The Balaban J connectivity index is 1.38. The molecule has 3 aromatic rings. The molecule has 1 aliphatic rings. The Hall–Kier alpha value is -3.54. The highest BCUT2D eigenvalue weighted by atomic mass is 16.3. The largest absolute Gasteiger partial charge is 0.467 e. The maximum Gasteiger partial charge on any atom is 0.318 e. The van der Waals surface area contributed by atoms with Crippen LogP contribution in [0.2, 0.25) is 0 Å². The van der Waals surface area contributed by atoms with Gasteiger partial charge in [-0.05, 0) is 35.2 Å². The summed E-state index contributed by atoms with van der Waals surface area (Å²) in [4.78, 5) is 28.5. The van der Waals surface area contributed by atoms with E-state index in [-0.39, 0.29) is 11.9 Å². The number of amides is 3. The van der Waals surface area contributed by atoms with Crippen molar-refractivity contribution in [2.24, 2.45) is 0 Å². The second-order valence-corrected chi connectivity index (χ2v) is 7.82. The highest BCUT2D eigenvalue weighted by molar-refractivity contribution is 5.78. The molecule has 31 heavy (non-hydrogen) atoms. The summed E-state index contributed by atoms with van der Waals surface area (Å²) < 4.78 is 5.45. The van der Waals surface area contributed by atoms with E-state index in [2.05, 4.69) is 11.4 Å². The van der Waals surface area contributed by atoms with Gasteiger partial charge in [0.1, 0.15) is 5.76 Å². The molecule has 0 aliphatic carbocycles. The number of rotatable bonds is 8. The fourth-order valence-electron chi connectivity index (χ4n) is 3.81. The van der Waals surface area contributed by atoms with Crippen molar-refractivity contribution in [2.75, 3.05) is 6.54 Å². The molecule has 160 valence electrons. The summed E-state index contributed by atoms with van der Waals surface area (Å²) in [6.07, 6.45) is 3.19. The van der Waals surface area contributed by atoms with Gasteiger partial charge in [-0.15, -0.1) is 0 Å². The first-order valence-electron chi connectivity index (χ1n) is 10.6. The van der Waals surface area contributed by atoms with E-state index < -0.39 is 0 Å². The summed E-state index contributed by atoms with van der Waals surface area (Å²) in [5.74, 6) is 0.955. The Morgan fingerprint density at radius 1 is 0.968 bits per heavy atom. The van der Waals surface area contributed by atoms with Gasteiger partial charge in [0.25, 0.3) is 0 Å². The summed E-state index contributed by atoms with van der Waals surface area (Å²) in [7, 11) is 0. The third kappa shape index (κ3) is 5.75. The van der Waals surface area contributed by atoms with Crippen LogP contribution in [0.5, 0.6) is 0 Å². The van der Waals surface area contributed by atoms with Crippen LogP contribution in [0.25, 0.3) is 0 Å². The first kappa shape index (κ1) is 20.7. The summed E-state index contributed by atoms with van der Waals surface area (Å²) in [5.41, 5.74) is 3.15. The lowest BCUT2D eigenvalue weighted by Gasteiger charge is -2.22. The van der Waals surface area contributed by atoms with Crippen molar-refractivity contribution >= 4 is 11.9 Å². The van der Waals surface area contributed by atoms with Gasteiger partial charge in [-0.2, -0.15) is 0 Å². The molecule has 6 heteroatoms. The lowest BCUT2D eigenvalue weighted by atomic mass is 10.1. The third-order valence-electron chi connectivity index (χ3n) is 5.41. The van der Waals surface area contributed by atoms with Crippen molar-refractivity contribution in [2.45, 2.75) is 39.0 Å². The predicted molar refractivity (Wildman–Crippen MR) is 118 cm³/mol. The van der Waals surface area contributed by atoms with Crippen LogP contribution in [0.4, 0.5) is 4.79 Å². The highest BCUT2D eigenvalue weighted by Gasteiger charge is 2.20. The van der Waals surface area contributed by atoms with Crippen LogP contribution in [0, 0.1) is 0 Å². The van der Waals surface area contributed by atoms with Crippen LogP contribution < -0.4 is 5.32 Å². The van der Waals surface area contributed by atoms with Gasteiger partial charge >= 0.3 is 6.03 Å². The Morgan fingerprint density at radius 2 is 1.77 bits per heavy atom. The van der Waals surface area contributed by atoms with Crippen LogP contribution in [0.3, 0.4) is 0 Å². The van der Waals surface area contributed by atoms with E-state index in [0.717, 1.165) is 35.4 Å². The quantitative estimate of drug-likeness (QED) is 0.594. The van der Waals surface area contributed by atoms with Crippen LogP contribution >= 0.6 is 0 Å². The molecule has 0 saturated carbocycles. The van der Waals surface area contributed by atoms with E-state index in [9.17, 15) is 9.59 Å². The zero-order valence-electron chi connectivity index (χ0n) is 17.5. The molecular formula is C25H27N3O3. The van der Waals surface area contributed by atoms with E-state index in [0.29, 0.717) is 32.6 Å². The summed E-state index contributed by atoms with van der Waals surface area (Å²) in [6, 6.07) is 21.5. The molecule has 1 saturated heterocycles. The number of nitrogens with one attached hydrogen (secondary N) is 1. The molecule has 0 spiro atoms. The molecule has 2 aromatic carbocycles. The van der Waals surface area contributed by atoms with Gasteiger partial charge in [0.05, 0.1) is 12.8 Å². The lowest BCUT2D eigenvalue weighted by molar-refractivity contribution is -0.128. The zero-order valence-corrected chi connectivity index (χ0v) is 17.5. The Bertz CT molecular complexity index is 1000. The van der Waals surface area contributed by atoms with Gasteiger partial charge < -0.3 is 19.5 Å². The molecular weight excluding hydrogens is 390 g/mol. The van der Waals surface area contributed by atoms with E-state index in [4.69, 9.17) is 4.42 Å². The number of carbonyl (C=O) groups is 2. The minimum Gasteiger partial charge on any atom is -0.467 e. The monoisotopic (exact) mass is 417 g/mol. The second-order valence-electron chi connectivity index (χ2n) is 7.82. The molecule has 0 bridgehead atoms. The smallest absolute Gasteiger partial charge is 0.318 e. The molecule has 6 nitrogen and oxygen atoms in total. The highest BCUT2D eigenvalue weighted by Crippen LogP contribution is 2.16. The van der Waals surface area contributed by atoms with Gasteiger partial charge in [-0.25, -0.2) is 4.79 Å². The van der Waals surface area contributed by atoms with Gasteiger partial charge in [0.2, 0.25) is 5.91 Å². The Labute approximate surface area is 182 Å².